The number of piperidine rings is 1. The number of aryl methyl sites for hydroxylation is 1. The van der Waals surface area contributed by atoms with Crippen LogP contribution in [0.4, 0.5) is 19.0 Å². The summed E-state index contributed by atoms with van der Waals surface area (Å²) >= 11 is 0. The largest absolute Gasteiger partial charge is 0.486 e. The van der Waals surface area contributed by atoms with Crippen molar-refractivity contribution in [2.24, 2.45) is 0 Å². The number of hydrogen-bond donors (Lipinski definition) is 1. The van der Waals surface area contributed by atoms with Gasteiger partial charge in [0.25, 0.3) is 0 Å². The fourth-order valence-electron chi connectivity index (χ4n) is 3.79. The smallest absolute Gasteiger partial charge is 0.417 e. The van der Waals surface area contributed by atoms with Gasteiger partial charge in [-0.15, -0.1) is 0 Å². The number of amides is 1. The number of anilines is 1. The lowest BCUT2D eigenvalue weighted by Crippen LogP contribution is -2.45. The second-order valence-corrected chi connectivity index (χ2v) is 7.71. The van der Waals surface area contributed by atoms with Crippen LogP contribution in [0.1, 0.15) is 30.4 Å². The number of benzene rings is 1. The number of alkyl halides is 3. The number of halogens is 3. The molecule has 6 nitrogen and oxygen atoms in total. The van der Waals surface area contributed by atoms with Gasteiger partial charge in [0, 0.05) is 31.7 Å². The Kier molecular flexibility index (Phi) is 6.20. The van der Waals surface area contributed by atoms with Crippen molar-refractivity contribution in [1.29, 1.82) is 0 Å². The Bertz CT molecular complexity index is 910. The Balaban J connectivity index is 1.22. The van der Waals surface area contributed by atoms with Crippen molar-refractivity contribution in [1.82, 2.24) is 10.3 Å². The van der Waals surface area contributed by atoms with E-state index in [1.807, 2.05) is 23.1 Å². The van der Waals surface area contributed by atoms with E-state index in [4.69, 9.17) is 9.47 Å². The first-order valence-electron chi connectivity index (χ1n) is 10.3. The minimum absolute atomic E-state index is 0.0130. The van der Waals surface area contributed by atoms with Gasteiger partial charge in [-0.3, -0.25) is 4.79 Å². The molecule has 0 unspecified atom stereocenters. The molecule has 0 atom stereocenters. The van der Waals surface area contributed by atoms with Crippen molar-refractivity contribution >= 4 is 11.7 Å². The summed E-state index contributed by atoms with van der Waals surface area (Å²) in [5.41, 5.74) is 0.263. The summed E-state index contributed by atoms with van der Waals surface area (Å²) in [4.78, 5) is 18.2. The molecule has 0 saturated carbocycles. The van der Waals surface area contributed by atoms with E-state index in [0.29, 0.717) is 50.7 Å². The summed E-state index contributed by atoms with van der Waals surface area (Å²) < 4.78 is 49.1. The van der Waals surface area contributed by atoms with E-state index in [0.717, 1.165) is 36.4 Å². The summed E-state index contributed by atoms with van der Waals surface area (Å²) in [5, 5.41) is 3.06. The topological polar surface area (TPSA) is 63.7 Å². The van der Waals surface area contributed by atoms with Crippen LogP contribution in [-0.4, -0.2) is 43.2 Å². The molecule has 1 saturated heterocycles. The van der Waals surface area contributed by atoms with Gasteiger partial charge in [-0.2, -0.15) is 13.2 Å². The molecule has 1 aromatic heterocycles. The standard InChI is InChI=1S/C22H24F3N3O3/c23-22(24,25)16-3-5-20(26-14-16)28-9-7-17(8-10-28)27-21(29)6-2-15-1-4-18-19(13-15)31-12-11-30-18/h1,3-5,13-14,17H,2,6-12H2,(H,27,29). The van der Waals surface area contributed by atoms with Gasteiger partial charge in [0.2, 0.25) is 5.91 Å². The number of rotatable bonds is 5. The van der Waals surface area contributed by atoms with Gasteiger partial charge in [0.05, 0.1) is 5.56 Å². The molecule has 2 aliphatic rings. The zero-order valence-corrected chi connectivity index (χ0v) is 17.0. The maximum absolute atomic E-state index is 12.7. The lowest BCUT2D eigenvalue weighted by Gasteiger charge is -2.33. The third-order valence-corrected chi connectivity index (χ3v) is 5.51. The maximum Gasteiger partial charge on any atom is 0.417 e. The van der Waals surface area contributed by atoms with E-state index < -0.39 is 11.7 Å². The molecule has 0 radical (unpaired) electrons. The molecule has 0 aliphatic carbocycles. The summed E-state index contributed by atoms with van der Waals surface area (Å²) in [6.45, 7) is 2.33. The number of ether oxygens (including phenoxy) is 2. The third-order valence-electron chi connectivity index (χ3n) is 5.51. The maximum atomic E-state index is 12.7. The monoisotopic (exact) mass is 435 g/mol. The molecule has 1 fully saturated rings. The average Bonchev–Trinajstić information content (AvgIpc) is 2.77. The van der Waals surface area contributed by atoms with E-state index >= 15 is 0 Å². The second kappa shape index (κ2) is 9.03. The SMILES string of the molecule is O=C(CCc1ccc2c(c1)OCCO2)NC1CCN(c2ccc(C(F)(F)F)cn2)CC1. The Morgan fingerprint density at radius 3 is 2.52 bits per heavy atom. The third kappa shape index (κ3) is 5.39. The lowest BCUT2D eigenvalue weighted by molar-refractivity contribution is -0.137. The minimum atomic E-state index is -4.39. The fourth-order valence-corrected chi connectivity index (χ4v) is 3.79. The molecule has 2 aliphatic heterocycles. The summed E-state index contributed by atoms with van der Waals surface area (Å²) in [7, 11) is 0. The van der Waals surface area contributed by atoms with Gasteiger partial charge < -0.3 is 19.7 Å². The lowest BCUT2D eigenvalue weighted by atomic mass is 10.0. The Hall–Kier alpha value is -2.97. The van der Waals surface area contributed by atoms with Gasteiger partial charge in [0.1, 0.15) is 19.0 Å². The normalized spacial score (nSPS) is 16.8. The second-order valence-electron chi connectivity index (χ2n) is 7.71. The molecule has 1 N–H and O–H groups in total. The van der Waals surface area contributed by atoms with Crippen LogP contribution in [0, 0.1) is 0 Å². The van der Waals surface area contributed by atoms with Crippen LogP contribution in [0.2, 0.25) is 0 Å². The predicted octanol–water partition coefficient (Wildman–Crippen LogP) is 3.59. The summed E-state index contributed by atoms with van der Waals surface area (Å²) in [6.07, 6.45) is -1.10. The van der Waals surface area contributed by atoms with Crippen molar-refractivity contribution in [3.8, 4) is 11.5 Å². The molecular formula is C22H24F3N3O3. The quantitative estimate of drug-likeness (QED) is 0.778. The molecular weight excluding hydrogens is 411 g/mol. The molecule has 0 spiro atoms. The first-order valence-corrected chi connectivity index (χ1v) is 10.3. The van der Waals surface area contributed by atoms with Gasteiger partial charge in [0.15, 0.2) is 11.5 Å². The van der Waals surface area contributed by atoms with Crippen LogP contribution in [0.5, 0.6) is 11.5 Å². The number of fused-ring (bicyclic) bond motifs is 1. The molecule has 0 bridgehead atoms. The number of aromatic nitrogens is 1. The zero-order chi connectivity index (χ0) is 21.8. The van der Waals surface area contributed by atoms with Crippen LogP contribution in [0.3, 0.4) is 0 Å². The highest BCUT2D eigenvalue weighted by molar-refractivity contribution is 5.76. The molecule has 166 valence electrons. The highest BCUT2D eigenvalue weighted by Crippen LogP contribution is 2.31. The van der Waals surface area contributed by atoms with E-state index in [9.17, 15) is 18.0 Å². The van der Waals surface area contributed by atoms with Gasteiger partial charge in [-0.1, -0.05) is 6.07 Å². The number of pyridine rings is 1. The van der Waals surface area contributed by atoms with E-state index in [2.05, 4.69) is 10.3 Å². The Morgan fingerprint density at radius 1 is 1.10 bits per heavy atom. The van der Waals surface area contributed by atoms with Crippen LogP contribution in [0.15, 0.2) is 36.5 Å². The van der Waals surface area contributed by atoms with Crippen molar-refractivity contribution in [2.45, 2.75) is 37.9 Å². The Morgan fingerprint density at radius 2 is 1.84 bits per heavy atom. The van der Waals surface area contributed by atoms with Crippen molar-refractivity contribution in [2.75, 3.05) is 31.2 Å². The van der Waals surface area contributed by atoms with Gasteiger partial charge in [-0.25, -0.2) is 4.98 Å². The fraction of sp³-hybridized carbons (Fsp3) is 0.455. The number of nitrogens with zero attached hydrogens (tertiary/aromatic N) is 2. The van der Waals surface area contributed by atoms with E-state index in [1.54, 1.807) is 0 Å². The molecule has 31 heavy (non-hydrogen) atoms. The zero-order valence-electron chi connectivity index (χ0n) is 17.0. The summed E-state index contributed by atoms with van der Waals surface area (Å²) in [5.74, 6) is 1.96. The molecule has 2 aromatic rings. The molecule has 1 amide bonds. The first kappa shape index (κ1) is 21.3. The minimum Gasteiger partial charge on any atom is -0.486 e. The highest BCUT2D eigenvalue weighted by atomic mass is 19.4. The molecule has 1 aromatic carbocycles. The van der Waals surface area contributed by atoms with Crippen LogP contribution < -0.4 is 19.7 Å². The Labute approximate surface area is 178 Å². The highest BCUT2D eigenvalue weighted by Gasteiger charge is 2.31. The van der Waals surface area contributed by atoms with Gasteiger partial charge >= 0.3 is 6.18 Å². The predicted molar refractivity (Wildman–Crippen MR) is 108 cm³/mol. The van der Waals surface area contributed by atoms with E-state index in [1.165, 1.54) is 6.07 Å². The number of carbonyl (C=O) groups is 1. The summed E-state index contributed by atoms with van der Waals surface area (Å²) in [6, 6.07) is 8.22. The van der Waals surface area contributed by atoms with Crippen LogP contribution in [-0.2, 0) is 17.4 Å². The van der Waals surface area contributed by atoms with Crippen molar-refractivity contribution < 1.29 is 27.4 Å². The van der Waals surface area contributed by atoms with E-state index in [-0.39, 0.29) is 11.9 Å². The van der Waals surface area contributed by atoms with Crippen LogP contribution >= 0.6 is 0 Å². The number of hydrogen-bond acceptors (Lipinski definition) is 5. The van der Waals surface area contributed by atoms with Crippen molar-refractivity contribution in [3.63, 3.8) is 0 Å². The van der Waals surface area contributed by atoms with Crippen LogP contribution in [0.25, 0.3) is 0 Å². The van der Waals surface area contributed by atoms with Gasteiger partial charge in [-0.05, 0) is 49.1 Å². The molecule has 4 rings (SSSR count). The number of carbonyl (C=O) groups excluding carboxylic acids is 1. The molecule has 3 heterocycles. The first-order chi connectivity index (χ1) is 14.9. The number of nitrogens with one attached hydrogen (secondary N) is 1. The average molecular weight is 435 g/mol. The van der Waals surface area contributed by atoms with Crippen molar-refractivity contribution in [3.05, 3.63) is 47.7 Å². The molecule has 9 heteroatoms.